The van der Waals surface area contributed by atoms with Crippen molar-refractivity contribution >= 4 is 22.4 Å². The van der Waals surface area contributed by atoms with Gasteiger partial charge in [0.15, 0.2) is 0 Å². The Bertz CT molecular complexity index is 1270. The molecule has 0 bridgehead atoms. The normalized spacial score (nSPS) is 17.6. The van der Waals surface area contributed by atoms with Gasteiger partial charge >= 0.3 is 0 Å². The lowest BCUT2D eigenvalue weighted by atomic mass is 9.77. The predicted octanol–water partition coefficient (Wildman–Crippen LogP) is 3.45. The molecule has 3 aromatic rings. The van der Waals surface area contributed by atoms with Crippen molar-refractivity contribution in [2.75, 3.05) is 5.32 Å². The molecule has 1 aromatic heterocycles. The molecule has 1 heterocycles. The molecule has 1 aliphatic carbocycles. The zero-order chi connectivity index (χ0) is 21.3. The van der Waals surface area contributed by atoms with Crippen LogP contribution in [0.15, 0.2) is 53.3 Å². The summed E-state index contributed by atoms with van der Waals surface area (Å²) < 4.78 is 14.8. The number of terminal acetylenes is 1. The summed E-state index contributed by atoms with van der Waals surface area (Å²) in [7, 11) is 0. The van der Waals surface area contributed by atoms with Crippen LogP contribution in [-0.4, -0.2) is 16.4 Å². The minimum absolute atomic E-state index is 0.0162. The molecule has 0 saturated heterocycles. The number of carbonyl (C=O) groups is 1. The maximum Gasteiger partial charge on any atom is 0.271 e. The van der Waals surface area contributed by atoms with Crippen molar-refractivity contribution in [1.82, 2.24) is 4.57 Å². The maximum absolute atomic E-state index is 13.2. The van der Waals surface area contributed by atoms with Crippen LogP contribution in [0.5, 0.6) is 0 Å². The first kappa shape index (κ1) is 19.4. The van der Waals surface area contributed by atoms with Gasteiger partial charge in [-0.15, -0.1) is 6.42 Å². The van der Waals surface area contributed by atoms with E-state index in [-0.39, 0.29) is 35.7 Å². The molecule has 0 unspecified atom stereocenters. The molecule has 0 aliphatic heterocycles. The van der Waals surface area contributed by atoms with Gasteiger partial charge in [-0.2, -0.15) is 5.26 Å². The van der Waals surface area contributed by atoms with Crippen molar-refractivity contribution in [3.63, 3.8) is 0 Å². The first-order valence-electron chi connectivity index (χ1n) is 9.59. The lowest BCUT2D eigenvalue weighted by molar-refractivity contribution is -0.119. The van der Waals surface area contributed by atoms with Gasteiger partial charge in [0.25, 0.3) is 5.56 Å². The number of hydrogen-bond donors (Lipinski definition) is 1. The van der Waals surface area contributed by atoms with Gasteiger partial charge in [-0.25, -0.2) is 4.39 Å². The highest BCUT2D eigenvalue weighted by molar-refractivity contribution is 5.98. The second-order valence-corrected chi connectivity index (χ2v) is 7.41. The van der Waals surface area contributed by atoms with E-state index in [1.54, 1.807) is 12.1 Å². The number of fused-ring (bicyclic) bond motifs is 1. The van der Waals surface area contributed by atoms with E-state index in [2.05, 4.69) is 11.2 Å². The van der Waals surface area contributed by atoms with E-state index < -0.39 is 5.56 Å². The molecule has 1 saturated carbocycles. The second kappa shape index (κ2) is 7.85. The Morgan fingerprint density at radius 2 is 1.90 bits per heavy atom. The quantitative estimate of drug-likeness (QED) is 0.527. The van der Waals surface area contributed by atoms with Crippen LogP contribution in [0.3, 0.4) is 0 Å². The van der Waals surface area contributed by atoms with Crippen molar-refractivity contribution in [1.29, 1.82) is 5.26 Å². The number of para-hydroxylation sites is 1. The number of Topliss-reactive ketones (excluding diaryl/α,β-unsaturated/α-hetero) is 1. The van der Waals surface area contributed by atoms with Crippen LogP contribution in [0.2, 0.25) is 0 Å². The van der Waals surface area contributed by atoms with E-state index in [0.717, 1.165) is 10.9 Å². The van der Waals surface area contributed by atoms with Crippen molar-refractivity contribution in [2.45, 2.75) is 25.4 Å². The van der Waals surface area contributed by atoms with Gasteiger partial charge < -0.3 is 9.88 Å². The molecule has 1 aliphatic rings. The minimum atomic E-state index is -0.418. The summed E-state index contributed by atoms with van der Waals surface area (Å²) in [6.45, 7) is 0.219. The Balaban J connectivity index is 1.75. The lowest BCUT2D eigenvalue weighted by Crippen LogP contribution is -2.40. The molecule has 0 atom stereocenters. The molecule has 2 aromatic carbocycles. The molecule has 4 rings (SSSR count). The van der Waals surface area contributed by atoms with Gasteiger partial charge in [-0.3, -0.25) is 9.59 Å². The first-order chi connectivity index (χ1) is 14.5. The number of rotatable bonds is 5. The number of ketones is 1. The van der Waals surface area contributed by atoms with Crippen LogP contribution < -0.4 is 10.9 Å². The van der Waals surface area contributed by atoms with E-state index in [9.17, 15) is 19.2 Å². The van der Waals surface area contributed by atoms with E-state index >= 15 is 0 Å². The molecule has 0 spiro atoms. The van der Waals surface area contributed by atoms with Crippen LogP contribution in [0.1, 0.15) is 24.0 Å². The van der Waals surface area contributed by atoms with Gasteiger partial charge in [0, 0.05) is 17.3 Å². The number of pyridine rings is 1. The minimum Gasteiger partial charge on any atom is -0.380 e. The third kappa shape index (κ3) is 3.44. The second-order valence-electron chi connectivity index (χ2n) is 7.41. The summed E-state index contributed by atoms with van der Waals surface area (Å²) in [5.41, 5.74) is 1.50. The molecule has 30 heavy (non-hydrogen) atoms. The number of carbonyl (C=O) groups excluding carboxylic acids is 1. The molecule has 1 N–H and O–H groups in total. The number of anilines is 1. The molecular weight excluding hydrogens is 381 g/mol. The highest BCUT2D eigenvalue weighted by Gasteiger charge is 2.34. The van der Waals surface area contributed by atoms with E-state index in [1.807, 2.05) is 30.3 Å². The summed E-state index contributed by atoms with van der Waals surface area (Å²) in [4.78, 5) is 24.8. The fraction of sp³-hybridized carbons (Fsp3) is 0.208. The summed E-state index contributed by atoms with van der Waals surface area (Å²) in [5.74, 6) is 1.41. The number of aromatic nitrogens is 1. The van der Waals surface area contributed by atoms with Crippen LogP contribution in [0.25, 0.3) is 10.9 Å². The molecule has 148 valence electrons. The van der Waals surface area contributed by atoms with Gasteiger partial charge in [0.1, 0.15) is 17.4 Å². The number of hydrogen-bond acceptors (Lipinski definition) is 4. The Morgan fingerprint density at radius 3 is 2.57 bits per heavy atom. The van der Waals surface area contributed by atoms with E-state index in [1.165, 1.54) is 16.7 Å². The average Bonchev–Trinajstić information content (AvgIpc) is 2.73. The predicted molar refractivity (Wildman–Crippen MR) is 112 cm³/mol. The molecule has 5 nitrogen and oxygen atoms in total. The van der Waals surface area contributed by atoms with Crippen LogP contribution >= 0.6 is 0 Å². The van der Waals surface area contributed by atoms with Crippen LogP contribution in [0, 0.1) is 35.4 Å². The summed E-state index contributed by atoms with van der Waals surface area (Å²) in [5, 5.41) is 13.8. The summed E-state index contributed by atoms with van der Waals surface area (Å²) in [6, 6.07) is 15.2. The Hall–Kier alpha value is -3.90. The molecule has 6 heteroatoms. The smallest absolute Gasteiger partial charge is 0.271 e. The first-order valence-corrected chi connectivity index (χ1v) is 9.59. The molecular formula is C24H18FN3O2. The zero-order valence-corrected chi connectivity index (χ0v) is 16.1. The fourth-order valence-electron chi connectivity index (χ4n) is 3.86. The number of nitriles is 1. The summed E-state index contributed by atoms with van der Waals surface area (Å²) in [6.07, 6.45) is 6.32. The van der Waals surface area contributed by atoms with Gasteiger partial charge in [0.2, 0.25) is 5.78 Å². The molecule has 0 amide bonds. The average molecular weight is 399 g/mol. The lowest BCUT2D eigenvalue weighted by Gasteiger charge is -2.35. The number of benzene rings is 2. The van der Waals surface area contributed by atoms with Crippen molar-refractivity contribution < 1.29 is 9.18 Å². The SMILES string of the molecule is C#CC(=O)C1CC(Nc2c(C#N)c(=O)n(Cc3ccc(F)cc3)c3ccccc23)C1. The van der Waals surface area contributed by atoms with Gasteiger partial charge in [0.05, 0.1) is 17.7 Å². The van der Waals surface area contributed by atoms with Crippen LogP contribution in [-0.2, 0) is 11.3 Å². The van der Waals surface area contributed by atoms with E-state index in [4.69, 9.17) is 6.42 Å². The van der Waals surface area contributed by atoms with Crippen molar-refractivity contribution in [3.8, 4) is 18.4 Å². The highest BCUT2D eigenvalue weighted by atomic mass is 19.1. The molecule has 0 radical (unpaired) electrons. The number of halogens is 1. The Labute approximate surface area is 172 Å². The largest absolute Gasteiger partial charge is 0.380 e. The number of nitrogens with one attached hydrogen (secondary N) is 1. The third-order valence-electron chi connectivity index (χ3n) is 5.54. The third-order valence-corrected chi connectivity index (χ3v) is 5.54. The maximum atomic E-state index is 13.2. The highest BCUT2D eigenvalue weighted by Crippen LogP contribution is 2.34. The number of nitrogens with zero attached hydrogens (tertiary/aromatic N) is 2. The van der Waals surface area contributed by atoms with Crippen molar-refractivity contribution in [2.24, 2.45) is 5.92 Å². The Kier molecular flexibility index (Phi) is 5.08. The van der Waals surface area contributed by atoms with Gasteiger partial charge in [-0.05, 0) is 42.5 Å². The monoisotopic (exact) mass is 399 g/mol. The summed E-state index contributed by atoms with van der Waals surface area (Å²) >= 11 is 0. The Morgan fingerprint density at radius 1 is 1.20 bits per heavy atom. The van der Waals surface area contributed by atoms with Gasteiger partial charge in [-0.1, -0.05) is 30.3 Å². The fourth-order valence-corrected chi connectivity index (χ4v) is 3.86. The van der Waals surface area contributed by atoms with E-state index in [0.29, 0.717) is 24.0 Å². The van der Waals surface area contributed by atoms with Crippen molar-refractivity contribution in [3.05, 3.63) is 75.8 Å². The topological polar surface area (TPSA) is 74.9 Å². The zero-order valence-electron chi connectivity index (χ0n) is 16.1. The standard InChI is InChI=1S/C24H18FN3O2/c1-2-22(29)16-11-18(12-16)27-23-19-5-3-4-6-21(19)28(24(30)20(23)13-26)14-15-7-9-17(25)10-8-15/h1,3-10,16,18,27H,11-12,14H2. The molecule has 1 fully saturated rings. The van der Waals surface area contributed by atoms with Crippen LogP contribution in [0.4, 0.5) is 10.1 Å².